The van der Waals surface area contributed by atoms with Gasteiger partial charge in [-0.1, -0.05) is 19.1 Å². The number of anilines is 1. The number of benzene rings is 1. The van der Waals surface area contributed by atoms with Gasteiger partial charge in [-0.2, -0.15) is 0 Å². The van der Waals surface area contributed by atoms with Crippen molar-refractivity contribution in [3.63, 3.8) is 0 Å². The molecular formula is C35H44N2O10. The first-order chi connectivity index (χ1) is 22.5. The maximum Gasteiger partial charge on any atom is 0.340 e. The molecule has 5 saturated carbocycles. The lowest BCUT2D eigenvalue weighted by molar-refractivity contribution is -0.293. The Morgan fingerprint density at radius 2 is 1.83 bits per heavy atom. The second-order valence-corrected chi connectivity index (χ2v) is 15.0. The Labute approximate surface area is 273 Å². The van der Waals surface area contributed by atoms with E-state index in [-0.39, 0.29) is 72.7 Å². The molecule has 1 unspecified atom stereocenters. The Balaban J connectivity index is 1.20. The van der Waals surface area contributed by atoms with E-state index in [1.54, 1.807) is 59.6 Å². The van der Waals surface area contributed by atoms with Crippen molar-refractivity contribution >= 4 is 29.7 Å². The summed E-state index contributed by atoms with van der Waals surface area (Å²) in [5.41, 5.74) is -4.67. The lowest BCUT2D eigenvalue weighted by Crippen LogP contribution is -2.77. The molecule has 7 bridgehead atoms. The number of ether oxygens (including phenoxy) is 5. The number of fused-ring (bicyclic) bond motifs is 2. The van der Waals surface area contributed by atoms with Crippen LogP contribution in [-0.2, 0) is 33.3 Å². The van der Waals surface area contributed by atoms with E-state index in [2.05, 4.69) is 0 Å². The summed E-state index contributed by atoms with van der Waals surface area (Å²) in [6.07, 6.45) is 2.21. The van der Waals surface area contributed by atoms with Crippen LogP contribution in [0, 0.1) is 40.4 Å². The Hall–Kier alpha value is -2.74. The van der Waals surface area contributed by atoms with Crippen molar-refractivity contribution in [2.75, 3.05) is 39.9 Å². The van der Waals surface area contributed by atoms with E-state index < -0.39 is 57.9 Å². The van der Waals surface area contributed by atoms with Crippen LogP contribution >= 0.6 is 0 Å². The Morgan fingerprint density at radius 3 is 2.49 bits per heavy atom. The fourth-order valence-electron chi connectivity index (χ4n) is 12.1. The number of para-hydroxylation sites is 1. The molecular weight excluding hydrogens is 608 g/mol. The van der Waals surface area contributed by atoms with Gasteiger partial charge in [0.05, 0.1) is 41.7 Å². The molecule has 5 aliphatic carbocycles. The molecule has 1 spiro atoms. The van der Waals surface area contributed by atoms with Gasteiger partial charge in [0.1, 0.15) is 17.8 Å². The van der Waals surface area contributed by atoms with Gasteiger partial charge in [0.25, 0.3) is 0 Å². The molecule has 7 aliphatic rings. The molecule has 2 heterocycles. The minimum Gasteiger partial charge on any atom is -0.461 e. The largest absolute Gasteiger partial charge is 0.461 e. The molecule has 254 valence electrons. The predicted molar refractivity (Wildman–Crippen MR) is 166 cm³/mol. The van der Waals surface area contributed by atoms with Crippen molar-refractivity contribution < 1.29 is 48.3 Å². The summed E-state index contributed by atoms with van der Waals surface area (Å²) >= 11 is 0. The highest BCUT2D eigenvalue weighted by atomic mass is 16.5. The molecule has 14 atom stereocenters. The van der Waals surface area contributed by atoms with Gasteiger partial charge < -0.3 is 33.9 Å². The number of hydrogen-bond acceptors (Lipinski definition) is 11. The molecule has 1 aromatic rings. The van der Waals surface area contributed by atoms with Crippen molar-refractivity contribution in [2.45, 2.75) is 80.7 Å². The SMILES string of the molecule is CO[C@H]1[C@@H]2C[C@@H]3[C@H]1[C@](O)(C[C@@H]2OC)[C@]1(O)C2N=C[C@]4(COC(=O)c5ccccc5N5C(=O)C[C@H](C)C5=O)CC[C@H](OC)[C@@]23[C@@H]4[C@@H]1OC. The molecule has 6 fully saturated rings. The molecule has 1 saturated heterocycles. The number of amides is 2. The summed E-state index contributed by atoms with van der Waals surface area (Å²) < 4.78 is 30.8. The van der Waals surface area contributed by atoms with Crippen LogP contribution in [0.15, 0.2) is 29.3 Å². The lowest BCUT2D eigenvalue weighted by atomic mass is 9.44. The summed E-state index contributed by atoms with van der Waals surface area (Å²) in [6.45, 7) is 1.63. The van der Waals surface area contributed by atoms with E-state index in [1.807, 2.05) is 6.21 Å². The molecule has 12 nitrogen and oxygen atoms in total. The average Bonchev–Trinajstić information content (AvgIpc) is 3.58. The van der Waals surface area contributed by atoms with Crippen LogP contribution in [0.1, 0.15) is 49.4 Å². The summed E-state index contributed by atoms with van der Waals surface area (Å²) in [5.74, 6) is -2.77. The van der Waals surface area contributed by atoms with Gasteiger partial charge in [-0.15, -0.1) is 0 Å². The highest BCUT2D eigenvalue weighted by molar-refractivity contribution is 6.22. The topological polar surface area (TPSA) is 153 Å². The van der Waals surface area contributed by atoms with Gasteiger partial charge in [-0.3, -0.25) is 14.6 Å². The third-order valence-electron chi connectivity index (χ3n) is 13.6. The van der Waals surface area contributed by atoms with Gasteiger partial charge >= 0.3 is 5.97 Å². The minimum absolute atomic E-state index is 0.0187. The summed E-state index contributed by atoms with van der Waals surface area (Å²) in [6, 6.07) is 5.78. The fraction of sp³-hybridized carbons (Fsp3) is 0.714. The van der Waals surface area contributed by atoms with Gasteiger partial charge in [-0.05, 0) is 37.3 Å². The number of nitrogens with zero attached hydrogens (tertiary/aromatic N) is 2. The van der Waals surface area contributed by atoms with E-state index >= 15 is 0 Å². The Kier molecular flexibility index (Phi) is 6.96. The molecule has 2 aliphatic heterocycles. The molecule has 12 heteroatoms. The Bertz CT molecular complexity index is 1550. The number of rotatable bonds is 8. The molecule has 1 aromatic carbocycles. The number of carbonyl (C=O) groups is 3. The number of imide groups is 1. The zero-order chi connectivity index (χ0) is 33.3. The molecule has 0 aromatic heterocycles. The third-order valence-corrected chi connectivity index (χ3v) is 13.6. The second kappa shape index (κ2) is 10.4. The van der Waals surface area contributed by atoms with Gasteiger partial charge in [-0.25, -0.2) is 9.69 Å². The smallest absolute Gasteiger partial charge is 0.340 e. The quantitative estimate of drug-likeness (QED) is 0.314. The summed E-state index contributed by atoms with van der Waals surface area (Å²) in [7, 11) is 6.54. The van der Waals surface area contributed by atoms with E-state index in [1.165, 1.54) is 0 Å². The van der Waals surface area contributed by atoms with E-state index in [9.17, 15) is 24.6 Å². The standard InChI is InChI=1S/C35H44N2O10/c1-17-12-24(38)37(29(17)39)21-9-7-6-8-18(21)30(40)47-16-32-11-10-23(44-3)34-20-13-19-22(43-2)14-33(41,25(20)26(19)45-4)35(42,31(34)36-15-32)28(46-5)27(32)34/h6-9,15,17,19-20,22-23,25-28,31,41-42H,10-14,16H2,1-5H3/t17-,19+,20+,22-,23-,25+,26-,27+,28-,31?,32-,33+,34-,35+/m0/s1. The predicted octanol–water partition coefficient (Wildman–Crippen LogP) is 1.78. The fourth-order valence-corrected chi connectivity index (χ4v) is 12.1. The average molecular weight is 653 g/mol. The van der Waals surface area contributed by atoms with Crippen LogP contribution in [0.4, 0.5) is 5.69 Å². The molecule has 2 N–H and O–H groups in total. The van der Waals surface area contributed by atoms with Gasteiger partial charge in [0.15, 0.2) is 0 Å². The number of methoxy groups -OCH3 is 4. The second-order valence-electron chi connectivity index (χ2n) is 15.0. The van der Waals surface area contributed by atoms with Crippen LogP contribution in [0.2, 0.25) is 0 Å². The van der Waals surface area contributed by atoms with Crippen molar-refractivity contribution in [1.29, 1.82) is 0 Å². The Morgan fingerprint density at radius 1 is 1.06 bits per heavy atom. The number of aliphatic hydroxyl groups is 2. The number of esters is 1. The normalized spacial score (nSPS) is 48.7. The number of aliphatic imine (C=N–C) groups is 1. The lowest BCUT2D eigenvalue weighted by Gasteiger charge is -2.65. The van der Waals surface area contributed by atoms with Crippen molar-refractivity contribution in [1.82, 2.24) is 0 Å². The zero-order valence-electron chi connectivity index (χ0n) is 27.5. The maximum absolute atomic E-state index is 13.9. The van der Waals surface area contributed by atoms with E-state index in [4.69, 9.17) is 28.7 Å². The van der Waals surface area contributed by atoms with E-state index in [0.29, 0.717) is 19.3 Å². The van der Waals surface area contributed by atoms with Crippen LogP contribution in [0.5, 0.6) is 0 Å². The summed E-state index contributed by atoms with van der Waals surface area (Å²) in [5, 5.41) is 25.9. The van der Waals surface area contributed by atoms with Crippen LogP contribution in [0.3, 0.4) is 0 Å². The third kappa shape index (κ3) is 3.54. The molecule has 0 radical (unpaired) electrons. The zero-order valence-corrected chi connectivity index (χ0v) is 27.5. The molecule has 2 amide bonds. The van der Waals surface area contributed by atoms with Gasteiger partial charge in [0.2, 0.25) is 11.8 Å². The maximum atomic E-state index is 13.9. The summed E-state index contributed by atoms with van der Waals surface area (Å²) in [4.78, 5) is 45.7. The van der Waals surface area contributed by atoms with Crippen molar-refractivity contribution in [3.8, 4) is 0 Å². The van der Waals surface area contributed by atoms with Gasteiger partial charge in [0, 0.05) is 82.0 Å². The van der Waals surface area contributed by atoms with E-state index in [0.717, 1.165) is 4.90 Å². The first kappa shape index (κ1) is 31.5. The van der Waals surface area contributed by atoms with Crippen LogP contribution in [0.25, 0.3) is 0 Å². The number of hydrogen-bond donors (Lipinski definition) is 2. The molecule has 8 rings (SSSR count). The molecule has 47 heavy (non-hydrogen) atoms. The monoisotopic (exact) mass is 652 g/mol. The minimum atomic E-state index is -1.79. The van der Waals surface area contributed by atoms with Crippen LogP contribution in [-0.4, -0.2) is 111 Å². The number of carbonyl (C=O) groups excluding carboxylic acids is 3. The first-order valence-corrected chi connectivity index (χ1v) is 16.7. The van der Waals surface area contributed by atoms with Crippen LogP contribution < -0.4 is 4.90 Å². The first-order valence-electron chi connectivity index (χ1n) is 16.7. The highest BCUT2D eigenvalue weighted by Crippen LogP contribution is 2.79. The van der Waals surface area contributed by atoms with Crippen molar-refractivity contribution in [3.05, 3.63) is 29.8 Å². The highest BCUT2D eigenvalue weighted by Gasteiger charge is 2.90. The van der Waals surface area contributed by atoms with Crippen molar-refractivity contribution in [2.24, 2.45) is 45.4 Å².